The third-order valence-corrected chi connectivity index (χ3v) is 4.45. The lowest BCUT2D eigenvalue weighted by molar-refractivity contribution is 0.0695. The molecule has 130 valence electrons. The highest BCUT2D eigenvalue weighted by Crippen LogP contribution is 2.21. The topological polar surface area (TPSA) is 74.2 Å². The van der Waals surface area contributed by atoms with Crippen LogP contribution in [0.25, 0.3) is 0 Å². The van der Waals surface area contributed by atoms with E-state index in [-0.39, 0.29) is 5.50 Å². The van der Waals surface area contributed by atoms with E-state index in [0.717, 1.165) is 22.7 Å². The van der Waals surface area contributed by atoms with Crippen LogP contribution in [0, 0.1) is 0 Å². The van der Waals surface area contributed by atoms with Crippen molar-refractivity contribution in [2.24, 2.45) is 5.10 Å². The van der Waals surface area contributed by atoms with E-state index < -0.39 is 5.97 Å². The molecule has 0 aromatic heterocycles. The van der Waals surface area contributed by atoms with Crippen LogP contribution in [-0.2, 0) is 6.42 Å². The maximum Gasteiger partial charge on any atom is 0.335 e. The van der Waals surface area contributed by atoms with Crippen molar-refractivity contribution in [1.82, 2.24) is 10.3 Å². The van der Waals surface area contributed by atoms with Crippen LogP contribution in [0.2, 0.25) is 0 Å². The molecule has 1 aliphatic rings. The molecule has 7 heteroatoms. The molecule has 3 rings (SSSR count). The monoisotopic (exact) mass is 357 g/mol. The zero-order valence-corrected chi connectivity index (χ0v) is 14.6. The van der Waals surface area contributed by atoms with Gasteiger partial charge in [0.05, 0.1) is 12.7 Å². The van der Waals surface area contributed by atoms with Crippen molar-refractivity contribution < 1.29 is 14.6 Å². The maximum atomic E-state index is 11.4. The number of carboxylic acids is 1. The van der Waals surface area contributed by atoms with Crippen LogP contribution < -0.4 is 10.2 Å². The van der Waals surface area contributed by atoms with Crippen molar-refractivity contribution in [3.63, 3.8) is 0 Å². The minimum atomic E-state index is -0.917. The van der Waals surface area contributed by atoms with Crippen molar-refractivity contribution in [3.05, 3.63) is 65.2 Å². The van der Waals surface area contributed by atoms with Gasteiger partial charge in [-0.25, -0.2) is 4.79 Å². The number of aromatic carboxylic acids is 1. The van der Waals surface area contributed by atoms with Gasteiger partial charge in [0.1, 0.15) is 5.75 Å². The van der Waals surface area contributed by atoms with E-state index in [1.807, 2.05) is 41.3 Å². The second kappa shape index (κ2) is 7.48. The van der Waals surface area contributed by atoms with Crippen molar-refractivity contribution in [2.75, 3.05) is 13.7 Å². The number of thiol groups is 1. The zero-order valence-electron chi connectivity index (χ0n) is 13.7. The van der Waals surface area contributed by atoms with Crippen LogP contribution in [0.5, 0.6) is 5.75 Å². The van der Waals surface area contributed by atoms with E-state index in [4.69, 9.17) is 4.74 Å². The first-order valence-corrected chi connectivity index (χ1v) is 8.35. The van der Waals surface area contributed by atoms with Gasteiger partial charge in [0.25, 0.3) is 0 Å². The summed E-state index contributed by atoms with van der Waals surface area (Å²) in [6, 6.07) is 14.7. The molecule has 0 saturated heterocycles. The number of rotatable bonds is 6. The van der Waals surface area contributed by atoms with E-state index in [0.29, 0.717) is 18.5 Å². The summed E-state index contributed by atoms with van der Waals surface area (Å²) in [5.41, 5.74) is 4.71. The average molecular weight is 357 g/mol. The van der Waals surface area contributed by atoms with Crippen LogP contribution in [0.4, 0.5) is 0 Å². The highest BCUT2D eigenvalue weighted by Gasteiger charge is 2.26. The summed E-state index contributed by atoms with van der Waals surface area (Å²) in [5, 5.41) is 13.7. The maximum absolute atomic E-state index is 11.4. The van der Waals surface area contributed by atoms with Gasteiger partial charge >= 0.3 is 5.97 Å². The molecule has 2 aromatic rings. The van der Waals surface area contributed by atoms with Gasteiger partial charge in [0, 0.05) is 12.1 Å². The molecule has 6 nitrogen and oxygen atoms in total. The number of benzene rings is 2. The fraction of sp³-hybridized carbons (Fsp3) is 0.222. The Labute approximate surface area is 151 Å². The second-order valence-corrected chi connectivity index (χ2v) is 6.06. The smallest absolute Gasteiger partial charge is 0.335 e. The van der Waals surface area contributed by atoms with Crippen molar-refractivity contribution in [2.45, 2.75) is 11.9 Å². The summed E-state index contributed by atoms with van der Waals surface area (Å²) in [7, 11) is 1.62. The Balaban J connectivity index is 1.79. The molecule has 1 atom stereocenters. The number of hydrazone groups is 1. The van der Waals surface area contributed by atoms with Crippen molar-refractivity contribution in [1.29, 1.82) is 0 Å². The minimum absolute atomic E-state index is 0.266. The van der Waals surface area contributed by atoms with Gasteiger partial charge in [-0.05, 0) is 30.2 Å². The summed E-state index contributed by atoms with van der Waals surface area (Å²) < 4.78 is 5.27. The van der Waals surface area contributed by atoms with E-state index in [1.54, 1.807) is 19.2 Å². The molecule has 0 fully saturated rings. The molecule has 0 amide bonds. The molecule has 1 aliphatic heterocycles. The van der Waals surface area contributed by atoms with Crippen molar-refractivity contribution >= 4 is 24.4 Å². The number of nitrogens with one attached hydrogen (secondary N) is 1. The van der Waals surface area contributed by atoms with Gasteiger partial charge in [0.15, 0.2) is 11.3 Å². The Kier molecular flexibility index (Phi) is 5.14. The predicted molar refractivity (Wildman–Crippen MR) is 99.3 cm³/mol. The largest absolute Gasteiger partial charge is 0.497 e. The summed E-state index contributed by atoms with van der Waals surface area (Å²) in [6.45, 7) is 0.585. The second-order valence-electron chi connectivity index (χ2n) is 5.58. The molecular weight excluding hydrogens is 338 g/mol. The van der Waals surface area contributed by atoms with Crippen LogP contribution in [-0.4, -0.2) is 41.0 Å². The lowest BCUT2D eigenvalue weighted by Crippen LogP contribution is -2.38. The van der Waals surface area contributed by atoms with Gasteiger partial charge in [-0.3, -0.25) is 5.43 Å². The predicted octanol–water partition coefficient (Wildman–Crippen LogP) is 2.42. The number of carbonyl (C=O) groups is 1. The summed E-state index contributed by atoms with van der Waals surface area (Å²) in [6.07, 6.45) is 0.574. The van der Waals surface area contributed by atoms with Crippen LogP contribution >= 0.6 is 12.6 Å². The normalized spacial score (nSPS) is 16.3. The third-order valence-electron chi connectivity index (χ3n) is 4.05. The van der Waals surface area contributed by atoms with Gasteiger partial charge in [-0.1, -0.05) is 30.3 Å². The van der Waals surface area contributed by atoms with E-state index in [1.165, 1.54) is 0 Å². The fourth-order valence-electron chi connectivity index (χ4n) is 2.78. The molecule has 0 radical (unpaired) electrons. The minimum Gasteiger partial charge on any atom is -0.497 e. The number of methoxy groups -OCH3 is 1. The van der Waals surface area contributed by atoms with Crippen LogP contribution in [0.3, 0.4) is 0 Å². The number of amidine groups is 1. The molecule has 0 saturated carbocycles. The highest BCUT2D eigenvalue weighted by molar-refractivity contribution is 7.80. The molecule has 0 bridgehead atoms. The SMILES string of the molecule is COc1cccc(C2=NNC(S)N2CCc2ccccc2C(=O)O)c1. The fourth-order valence-corrected chi connectivity index (χ4v) is 3.06. The molecule has 25 heavy (non-hydrogen) atoms. The van der Waals surface area contributed by atoms with Crippen LogP contribution in [0.1, 0.15) is 21.5 Å². The quantitative estimate of drug-likeness (QED) is 0.693. The standard InChI is InChI=1S/C18H19N3O3S/c1-24-14-7-4-6-13(11-14)16-19-20-18(25)21(16)10-9-12-5-2-3-8-15(12)17(22)23/h2-8,11,18,20,25H,9-10H2,1H3,(H,22,23). The van der Waals surface area contributed by atoms with Gasteiger partial charge in [0.2, 0.25) is 0 Å². The van der Waals surface area contributed by atoms with Gasteiger partial charge < -0.3 is 14.7 Å². The summed E-state index contributed by atoms with van der Waals surface area (Å²) >= 11 is 4.51. The van der Waals surface area contributed by atoms with E-state index in [9.17, 15) is 9.90 Å². The Bertz CT molecular complexity index is 810. The first-order chi connectivity index (χ1) is 12.1. The van der Waals surface area contributed by atoms with Gasteiger partial charge in [-0.15, -0.1) is 12.6 Å². The highest BCUT2D eigenvalue weighted by atomic mass is 32.1. The molecule has 0 spiro atoms. The molecule has 1 heterocycles. The average Bonchev–Trinajstić information content (AvgIpc) is 3.00. The van der Waals surface area contributed by atoms with Crippen molar-refractivity contribution in [3.8, 4) is 5.75 Å². The molecule has 1 unspecified atom stereocenters. The Morgan fingerprint density at radius 1 is 1.32 bits per heavy atom. The third kappa shape index (κ3) is 3.71. The first kappa shape index (κ1) is 17.2. The number of hydrogen-bond donors (Lipinski definition) is 3. The van der Waals surface area contributed by atoms with Crippen LogP contribution in [0.15, 0.2) is 53.6 Å². The summed E-state index contributed by atoms with van der Waals surface area (Å²) in [4.78, 5) is 13.4. The zero-order chi connectivity index (χ0) is 17.8. The Morgan fingerprint density at radius 3 is 2.88 bits per heavy atom. The first-order valence-electron chi connectivity index (χ1n) is 7.83. The molecule has 2 N–H and O–H groups in total. The Hall–Kier alpha value is -2.67. The van der Waals surface area contributed by atoms with E-state index in [2.05, 4.69) is 23.2 Å². The van der Waals surface area contributed by atoms with Gasteiger partial charge in [-0.2, -0.15) is 5.10 Å². The number of ether oxygens (including phenoxy) is 1. The lowest BCUT2D eigenvalue weighted by atomic mass is 10.0. The summed E-state index contributed by atoms with van der Waals surface area (Å²) in [5.74, 6) is 0.588. The molecular formula is C18H19N3O3S. The molecule has 2 aromatic carbocycles. The lowest BCUT2D eigenvalue weighted by Gasteiger charge is -2.24. The number of carboxylic acid groups (broad SMARTS) is 1. The van der Waals surface area contributed by atoms with E-state index >= 15 is 0 Å². The number of hydrogen-bond acceptors (Lipinski definition) is 6. The Morgan fingerprint density at radius 2 is 2.12 bits per heavy atom. The number of nitrogens with zero attached hydrogens (tertiary/aromatic N) is 2. The molecule has 0 aliphatic carbocycles.